The van der Waals surface area contributed by atoms with E-state index in [9.17, 15) is 4.79 Å². The SMILES string of the molecule is CCCNC(=O)N1CCC(COc2ccccc2)CC1. The van der Waals surface area contributed by atoms with Crippen LogP contribution in [0.15, 0.2) is 30.3 Å². The van der Waals surface area contributed by atoms with E-state index in [1.165, 1.54) is 0 Å². The van der Waals surface area contributed by atoms with Gasteiger partial charge in [0.1, 0.15) is 5.75 Å². The van der Waals surface area contributed by atoms with Crippen molar-refractivity contribution >= 4 is 6.03 Å². The second-order valence-electron chi connectivity index (χ2n) is 5.29. The molecule has 0 atom stereocenters. The summed E-state index contributed by atoms with van der Waals surface area (Å²) in [6.07, 6.45) is 3.02. The summed E-state index contributed by atoms with van der Waals surface area (Å²) < 4.78 is 5.79. The van der Waals surface area contributed by atoms with Crippen molar-refractivity contribution in [2.75, 3.05) is 26.2 Å². The molecule has 2 rings (SSSR count). The summed E-state index contributed by atoms with van der Waals surface area (Å²) in [6, 6.07) is 9.99. The van der Waals surface area contributed by atoms with Gasteiger partial charge in [-0.15, -0.1) is 0 Å². The molecule has 0 spiro atoms. The Morgan fingerprint density at radius 2 is 2.00 bits per heavy atom. The summed E-state index contributed by atoms with van der Waals surface area (Å²) in [5.41, 5.74) is 0. The summed E-state index contributed by atoms with van der Waals surface area (Å²) in [4.78, 5) is 13.7. The molecule has 0 bridgehead atoms. The van der Waals surface area contributed by atoms with E-state index in [4.69, 9.17) is 4.74 Å². The summed E-state index contributed by atoms with van der Waals surface area (Å²) in [5, 5.41) is 2.93. The zero-order valence-corrected chi connectivity index (χ0v) is 12.2. The van der Waals surface area contributed by atoms with Crippen LogP contribution in [0.4, 0.5) is 4.79 Å². The number of rotatable bonds is 5. The summed E-state index contributed by atoms with van der Waals surface area (Å²) in [6.45, 7) is 5.23. The van der Waals surface area contributed by atoms with Gasteiger partial charge >= 0.3 is 6.03 Å². The Morgan fingerprint density at radius 1 is 1.30 bits per heavy atom. The fraction of sp³-hybridized carbons (Fsp3) is 0.562. The first-order valence-electron chi connectivity index (χ1n) is 7.50. The highest BCUT2D eigenvalue weighted by molar-refractivity contribution is 5.74. The number of ether oxygens (including phenoxy) is 1. The molecule has 1 saturated heterocycles. The first kappa shape index (κ1) is 14.7. The Kier molecular flexibility index (Phi) is 5.71. The topological polar surface area (TPSA) is 41.6 Å². The Balaban J connectivity index is 1.68. The third-order valence-electron chi connectivity index (χ3n) is 3.66. The highest BCUT2D eigenvalue weighted by Gasteiger charge is 2.22. The van der Waals surface area contributed by atoms with Gasteiger partial charge in [0.25, 0.3) is 0 Å². The summed E-state index contributed by atoms with van der Waals surface area (Å²) in [5.74, 6) is 1.47. The lowest BCUT2D eigenvalue weighted by Gasteiger charge is -2.31. The van der Waals surface area contributed by atoms with E-state index >= 15 is 0 Å². The van der Waals surface area contributed by atoms with Gasteiger partial charge in [-0.05, 0) is 37.3 Å². The monoisotopic (exact) mass is 276 g/mol. The Hall–Kier alpha value is -1.71. The van der Waals surface area contributed by atoms with Crippen molar-refractivity contribution in [3.05, 3.63) is 30.3 Å². The lowest BCUT2D eigenvalue weighted by molar-refractivity contribution is 0.145. The van der Waals surface area contributed by atoms with Gasteiger partial charge in [-0.3, -0.25) is 0 Å². The van der Waals surface area contributed by atoms with E-state index in [1.807, 2.05) is 35.2 Å². The lowest BCUT2D eigenvalue weighted by Crippen LogP contribution is -2.45. The van der Waals surface area contributed by atoms with Crippen LogP contribution in [-0.4, -0.2) is 37.2 Å². The van der Waals surface area contributed by atoms with E-state index in [-0.39, 0.29) is 6.03 Å². The molecular formula is C16H24N2O2. The molecule has 1 fully saturated rings. The van der Waals surface area contributed by atoms with Crippen molar-refractivity contribution < 1.29 is 9.53 Å². The number of hydrogen-bond donors (Lipinski definition) is 1. The molecule has 1 heterocycles. The van der Waals surface area contributed by atoms with E-state index in [2.05, 4.69) is 12.2 Å². The van der Waals surface area contributed by atoms with Crippen LogP contribution in [0, 0.1) is 5.92 Å². The first-order chi connectivity index (χ1) is 9.79. The second-order valence-corrected chi connectivity index (χ2v) is 5.29. The minimum atomic E-state index is 0.0780. The minimum Gasteiger partial charge on any atom is -0.493 e. The molecule has 0 aromatic heterocycles. The van der Waals surface area contributed by atoms with Gasteiger partial charge in [0, 0.05) is 19.6 Å². The predicted octanol–water partition coefficient (Wildman–Crippen LogP) is 2.90. The molecule has 0 unspecified atom stereocenters. The molecule has 0 saturated carbocycles. The number of hydrogen-bond acceptors (Lipinski definition) is 2. The van der Waals surface area contributed by atoms with Crippen LogP contribution in [-0.2, 0) is 0 Å². The zero-order valence-electron chi connectivity index (χ0n) is 12.2. The normalized spacial score (nSPS) is 15.9. The molecular weight excluding hydrogens is 252 g/mol. The average Bonchev–Trinajstić information content (AvgIpc) is 2.52. The van der Waals surface area contributed by atoms with E-state index < -0.39 is 0 Å². The third kappa shape index (κ3) is 4.44. The average molecular weight is 276 g/mol. The number of nitrogens with zero attached hydrogens (tertiary/aromatic N) is 1. The van der Waals surface area contributed by atoms with E-state index in [0.29, 0.717) is 5.92 Å². The molecule has 4 nitrogen and oxygen atoms in total. The van der Waals surface area contributed by atoms with E-state index in [0.717, 1.165) is 51.3 Å². The maximum absolute atomic E-state index is 11.8. The number of nitrogens with one attached hydrogen (secondary N) is 1. The molecule has 2 amide bonds. The zero-order chi connectivity index (χ0) is 14.2. The fourth-order valence-electron chi connectivity index (χ4n) is 2.38. The van der Waals surface area contributed by atoms with Crippen LogP contribution >= 0.6 is 0 Å². The molecule has 110 valence electrons. The number of carbonyl (C=O) groups excluding carboxylic acids is 1. The quantitative estimate of drug-likeness (QED) is 0.898. The predicted molar refractivity (Wildman–Crippen MR) is 79.9 cm³/mol. The van der Waals surface area contributed by atoms with Crippen molar-refractivity contribution in [1.82, 2.24) is 10.2 Å². The highest BCUT2D eigenvalue weighted by Crippen LogP contribution is 2.19. The van der Waals surface area contributed by atoms with Gasteiger partial charge < -0.3 is 15.0 Å². The molecule has 1 aliphatic heterocycles. The Morgan fingerprint density at radius 3 is 2.65 bits per heavy atom. The standard InChI is InChI=1S/C16H24N2O2/c1-2-10-17-16(19)18-11-8-14(9-12-18)13-20-15-6-4-3-5-7-15/h3-7,14H,2,8-13H2,1H3,(H,17,19). The number of benzene rings is 1. The van der Waals surface area contributed by atoms with Gasteiger partial charge in [-0.2, -0.15) is 0 Å². The van der Waals surface area contributed by atoms with Crippen LogP contribution in [0.3, 0.4) is 0 Å². The lowest BCUT2D eigenvalue weighted by atomic mass is 9.98. The number of piperidine rings is 1. The smallest absolute Gasteiger partial charge is 0.317 e. The number of likely N-dealkylation sites (tertiary alicyclic amines) is 1. The largest absolute Gasteiger partial charge is 0.493 e. The number of amides is 2. The molecule has 20 heavy (non-hydrogen) atoms. The molecule has 1 aromatic carbocycles. The van der Waals surface area contributed by atoms with Crippen LogP contribution < -0.4 is 10.1 Å². The minimum absolute atomic E-state index is 0.0780. The third-order valence-corrected chi connectivity index (χ3v) is 3.66. The first-order valence-corrected chi connectivity index (χ1v) is 7.50. The molecule has 1 aliphatic rings. The number of urea groups is 1. The van der Waals surface area contributed by atoms with Gasteiger partial charge in [0.15, 0.2) is 0 Å². The maximum atomic E-state index is 11.8. The Labute approximate surface area is 121 Å². The molecule has 0 radical (unpaired) electrons. The van der Waals surface area contributed by atoms with E-state index in [1.54, 1.807) is 0 Å². The number of para-hydroxylation sites is 1. The molecule has 1 aromatic rings. The van der Waals surface area contributed by atoms with Crippen LogP contribution in [0.1, 0.15) is 26.2 Å². The van der Waals surface area contributed by atoms with Gasteiger partial charge in [0.2, 0.25) is 0 Å². The van der Waals surface area contributed by atoms with Crippen molar-refractivity contribution in [2.45, 2.75) is 26.2 Å². The van der Waals surface area contributed by atoms with Crippen LogP contribution in [0.2, 0.25) is 0 Å². The van der Waals surface area contributed by atoms with Crippen LogP contribution in [0.5, 0.6) is 5.75 Å². The molecule has 0 aliphatic carbocycles. The maximum Gasteiger partial charge on any atom is 0.317 e. The summed E-state index contributed by atoms with van der Waals surface area (Å²) >= 11 is 0. The summed E-state index contributed by atoms with van der Waals surface area (Å²) in [7, 11) is 0. The van der Waals surface area contributed by atoms with Crippen molar-refractivity contribution in [2.24, 2.45) is 5.92 Å². The molecule has 4 heteroatoms. The van der Waals surface area contributed by atoms with Crippen molar-refractivity contribution in [1.29, 1.82) is 0 Å². The fourth-order valence-corrected chi connectivity index (χ4v) is 2.38. The number of carbonyl (C=O) groups is 1. The van der Waals surface area contributed by atoms with Gasteiger partial charge in [-0.1, -0.05) is 25.1 Å². The van der Waals surface area contributed by atoms with Crippen molar-refractivity contribution in [3.63, 3.8) is 0 Å². The molecule has 1 N–H and O–H groups in total. The highest BCUT2D eigenvalue weighted by atomic mass is 16.5. The van der Waals surface area contributed by atoms with Gasteiger partial charge in [0.05, 0.1) is 6.61 Å². The van der Waals surface area contributed by atoms with Gasteiger partial charge in [-0.25, -0.2) is 4.79 Å². The van der Waals surface area contributed by atoms with Crippen LogP contribution in [0.25, 0.3) is 0 Å². The van der Waals surface area contributed by atoms with Crippen molar-refractivity contribution in [3.8, 4) is 5.75 Å². The second kappa shape index (κ2) is 7.78. The Bertz CT molecular complexity index is 400.